The molecule has 0 radical (unpaired) electrons. The molecular weight excluding hydrogens is 412 g/mol. The highest BCUT2D eigenvalue weighted by Gasteiger charge is 2.31. The highest BCUT2D eigenvalue weighted by atomic mass is 32.1. The van der Waals surface area contributed by atoms with E-state index in [0.717, 1.165) is 46.0 Å². The normalized spacial score (nSPS) is 16.8. The lowest BCUT2D eigenvalue weighted by atomic mass is 10.1. The van der Waals surface area contributed by atoms with E-state index in [1.165, 1.54) is 24.2 Å². The van der Waals surface area contributed by atoms with Gasteiger partial charge in [-0.05, 0) is 38.3 Å². The fourth-order valence-corrected chi connectivity index (χ4v) is 5.30. The number of nitrogen functional groups attached to an aromatic ring is 1. The van der Waals surface area contributed by atoms with Crippen molar-refractivity contribution in [2.75, 3.05) is 23.7 Å². The van der Waals surface area contributed by atoms with Crippen molar-refractivity contribution in [2.24, 2.45) is 0 Å². The Labute approximate surface area is 182 Å². The van der Waals surface area contributed by atoms with E-state index in [4.69, 9.17) is 5.73 Å². The molecule has 0 spiro atoms. The first-order valence-corrected chi connectivity index (χ1v) is 11.2. The first kappa shape index (κ1) is 18.5. The molecule has 6 rings (SSSR count). The maximum atomic E-state index is 13.0. The van der Waals surface area contributed by atoms with Gasteiger partial charge in [0.1, 0.15) is 21.4 Å². The Kier molecular flexibility index (Phi) is 3.95. The zero-order valence-electron chi connectivity index (χ0n) is 17.3. The van der Waals surface area contributed by atoms with E-state index in [2.05, 4.69) is 30.3 Å². The Bertz CT molecular complexity index is 1330. The molecule has 2 aliphatic rings. The molecular formula is C21H22N8OS. The van der Waals surface area contributed by atoms with Gasteiger partial charge >= 0.3 is 0 Å². The third kappa shape index (κ3) is 3.01. The summed E-state index contributed by atoms with van der Waals surface area (Å²) in [5, 5.41) is 8.44. The standard InChI is InChI=1S/C21H22N8OS/c1-10-5-15-25-11(2)27-29(15)21-16(10)17(22)18(31-21)20(30)26-13-8-28(9-13)14-6-23-19(24-7-14)12-3-4-12/h5-7,12-13H,3-4,8-9,22H2,1-2H3,(H,26,30). The average Bonchev–Trinajstić information content (AvgIpc) is 3.41. The van der Waals surface area contributed by atoms with Gasteiger partial charge in [-0.2, -0.15) is 5.10 Å². The predicted octanol–water partition coefficient (Wildman–Crippen LogP) is 2.43. The molecule has 31 heavy (non-hydrogen) atoms. The molecule has 0 aromatic carbocycles. The molecule has 9 nitrogen and oxygen atoms in total. The highest BCUT2D eigenvalue weighted by Crippen LogP contribution is 2.38. The minimum Gasteiger partial charge on any atom is -0.397 e. The summed E-state index contributed by atoms with van der Waals surface area (Å²) < 4.78 is 1.77. The van der Waals surface area contributed by atoms with E-state index in [9.17, 15) is 4.79 Å². The van der Waals surface area contributed by atoms with Crippen LogP contribution < -0.4 is 16.0 Å². The van der Waals surface area contributed by atoms with Crippen LogP contribution in [0.5, 0.6) is 0 Å². The summed E-state index contributed by atoms with van der Waals surface area (Å²) in [6.07, 6.45) is 6.16. The van der Waals surface area contributed by atoms with E-state index in [1.807, 2.05) is 32.3 Å². The van der Waals surface area contributed by atoms with E-state index >= 15 is 0 Å². The molecule has 5 heterocycles. The molecule has 4 aromatic rings. The van der Waals surface area contributed by atoms with Gasteiger partial charge in [0, 0.05) is 24.4 Å². The molecule has 0 bridgehead atoms. The second-order valence-corrected chi connectivity index (χ2v) is 9.43. The summed E-state index contributed by atoms with van der Waals surface area (Å²) in [5.41, 5.74) is 9.65. The van der Waals surface area contributed by atoms with Gasteiger partial charge in [0.2, 0.25) is 0 Å². The minimum absolute atomic E-state index is 0.0648. The number of hydrogen-bond acceptors (Lipinski definition) is 8. The van der Waals surface area contributed by atoms with Crippen LogP contribution in [0, 0.1) is 13.8 Å². The predicted molar refractivity (Wildman–Crippen MR) is 120 cm³/mol. The Hall–Kier alpha value is -3.27. The van der Waals surface area contributed by atoms with Crippen molar-refractivity contribution in [1.82, 2.24) is 29.9 Å². The second kappa shape index (κ2) is 6.61. The Balaban J connectivity index is 1.19. The van der Waals surface area contributed by atoms with Crippen molar-refractivity contribution in [1.29, 1.82) is 0 Å². The van der Waals surface area contributed by atoms with Crippen molar-refractivity contribution in [3.63, 3.8) is 0 Å². The number of anilines is 2. The SMILES string of the molecule is Cc1nc2cc(C)c3c(N)c(C(=O)NC4CN(c5cnc(C6CC6)nc5)C4)sc3n2n1. The quantitative estimate of drug-likeness (QED) is 0.507. The number of carbonyl (C=O) groups is 1. The number of nitrogens with two attached hydrogens (primary N) is 1. The van der Waals surface area contributed by atoms with Crippen LogP contribution in [0.4, 0.5) is 11.4 Å². The third-order valence-electron chi connectivity index (χ3n) is 5.99. The molecule has 1 amide bonds. The molecule has 4 aromatic heterocycles. The Morgan fingerprint density at radius 2 is 1.97 bits per heavy atom. The van der Waals surface area contributed by atoms with Crippen LogP contribution in [0.2, 0.25) is 0 Å². The lowest BCUT2D eigenvalue weighted by Crippen LogP contribution is -2.59. The maximum absolute atomic E-state index is 13.0. The first-order chi connectivity index (χ1) is 15.0. The number of thiophene rings is 1. The van der Waals surface area contributed by atoms with Crippen LogP contribution in [-0.2, 0) is 0 Å². The van der Waals surface area contributed by atoms with Gasteiger partial charge < -0.3 is 16.0 Å². The Morgan fingerprint density at radius 3 is 2.68 bits per heavy atom. The number of rotatable bonds is 4. The van der Waals surface area contributed by atoms with Crippen molar-refractivity contribution in [2.45, 2.75) is 38.6 Å². The summed E-state index contributed by atoms with van der Waals surface area (Å²) in [7, 11) is 0. The second-order valence-electron chi connectivity index (χ2n) is 8.43. The van der Waals surface area contributed by atoms with E-state index < -0.39 is 0 Å². The molecule has 1 aliphatic carbocycles. The average molecular weight is 435 g/mol. The van der Waals surface area contributed by atoms with Gasteiger partial charge in [0.25, 0.3) is 5.91 Å². The number of aryl methyl sites for hydroxylation is 2. The van der Waals surface area contributed by atoms with Gasteiger partial charge in [-0.3, -0.25) is 4.79 Å². The van der Waals surface area contributed by atoms with Crippen LogP contribution in [0.25, 0.3) is 15.9 Å². The number of hydrogen-bond donors (Lipinski definition) is 2. The van der Waals surface area contributed by atoms with Crippen molar-refractivity contribution in [3.05, 3.63) is 40.5 Å². The molecule has 1 aliphatic heterocycles. The fraction of sp³-hybridized carbons (Fsp3) is 0.381. The zero-order valence-corrected chi connectivity index (χ0v) is 18.1. The molecule has 1 saturated heterocycles. The number of fused-ring (bicyclic) bond motifs is 3. The molecule has 10 heteroatoms. The van der Waals surface area contributed by atoms with Crippen LogP contribution in [0.1, 0.15) is 45.6 Å². The smallest absolute Gasteiger partial charge is 0.263 e. The van der Waals surface area contributed by atoms with Crippen molar-refractivity contribution < 1.29 is 4.79 Å². The number of pyridine rings is 1. The number of nitrogens with zero attached hydrogens (tertiary/aromatic N) is 6. The van der Waals surface area contributed by atoms with E-state index in [1.54, 1.807) is 4.52 Å². The van der Waals surface area contributed by atoms with Crippen LogP contribution in [-0.4, -0.2) is 49.6 Å². The lowest BCUT2D eigenvalue weighted by Gasteiger charge is -2.40. The lowest BCUT2D eigenvalue weighted by molar-refractivity contribution is 0.0935. The zero-order chi connectivity index (χ0) is 21.3. The summed E-state index contributed by atoms with van der Waals surface area (Å²) in [6, 6.07) is 2.02. The maximum Gasteiger partial charge on any atom is 0.263 e. The molecule has 2 fully saturated rings. The van der Waals surface area contributed by atoms with Crippen LogP contribution in [0.3, 0.4) is 0 Å². The van der Waals surface area contributed by atoms with E-state index in [0.29, 0.717) is 22.3 Å². The molecule has 158 valence electrons. The number of carbonyl (C=O) groups excluding carboxylic acids is 1. The number of aromatic nitrogens is 5. The summed E-state index contributed by atoms with van der Waals surface area (Å²) in [5.74, 6) is 2.04. The van der Waals surface area contributed by atoms with Crippen LogP contribution >= 0.6 is 11.3 Å². The van der Waals surface area contributed by atoms with Crippen molar-refractivity contribution in [3.8, 4) is 0 Å². The number of amides is 1. The van der Waals surface area contributed by atoms with Crippen LogP contribution in [0.15, 0.2) is 18.5 Å². The molecule has 0 atom stereocenters. The molecule has 1 saturated carbocycles. The fourth-order valence-electron chi connectivity index (χ4n) is 4.15. The monoisotopic (exact) mass is 434 g/mol. The Morgan fingerprint density at radius 1 is 1.23 bits per heavy atom. The van der Waals surface area contributed by atoms with Gasteiger partial charge in [-0.25, -0.2) is 19.5 Å². The van der Waals surface area contributed by atoms with Gasteiger partial charge in [0.15, 0.2) is 5.65 Å². The molecule has 3 N–H and O–H groups in total. The molecule has 0 unspecified atom stereocenters. The number of nitrogens with one attached hydrogen (secondary N) is 1. The first-order valence-electron chi connectivity index (χ1n) is 10.4. The highest BCUT2D eigenvalue weighted by molar-refractivity contribution is 7.21. The van der Waals surface area contributed by atoms with Gasteiger partial charge in [-0.15, -0.1) is 11.3 Å². The summed E-state index contributed by atoms with van der Waals surface area (Å²) in [6.45, 7) is 5.30. The van der Waals surface area contributed by atoms with Gasteiger partial charge in [0.05, 0.1) is 29.8 Å². The van der Waals surface area contributed by atoms with E-state index in [-0.39, 0.29) is 11.9 Å². The summed E-state index contributed by atoms with van der Waals surface area (Å²) in [4.78, 5) is 29.9. The van der Waals surface area contributed by atoms with Crippen molar-refractivity contribution >= 4 is 44.5 Å². The summed E-state index contributed by atoms with van der Waals surface area (Å²) >= 11 is 1.36. The van der Waals surface area contributed by atoms with Gasteiger partial charge in [-0.1, -0.05) is 0 Å². The minimum atomic E-state index is -0.145. The largest absolute Gasteiger partial charge is 0.397 e. The third-order valence-corrected chi connectivity index (χ3v) is 7.17. The topological polar surface area (TPSA) is 114 Å².